The maximum absolute atomic E-state index is 12.7. The minimum Gasteiger partial charge on any atom is -0.360 e. The Bertz CT molecular complexity index is 547. The molecule has 0 aliphatic rings. The van der Waals surface area contributed by atoms with Crippen LogP contribution in [-0.2, 0) is 11.6 Å². The fourth-order valence-electron chi connectivity index (χ4n) is 1.78. The summed E-state index contributed by atoms with van der Waals surface area (Å²) in [6, 6.07) is 2.68. The van der Waals surface area contributed by atoms with Crippen LogP contribution < -0.4 is 0 Å². The first-order valence-corrected chi connectivity index (χ1v) is 5.25. The Morgan fingerprint density at radius 2 is 1.82 bits per heavy atom. The molecule has 2 aromatic rings. The first-order valence-electron chi connectivity index (χ1n) is 5.25. The maximum atomic E-state index is 12.7. The number of aromatic amines is 1. The van der Waals surface area contributed by atoms with Crippen LogP contribution >= 0.6 is 0 Å². The second kappa shape index (κ2) is 3.48. The average Bonchev–Trinajstić information content (AvgIpc) is 2.59. The van der Waals surface area contributed by atoms with E-state index in [1.54, 1.807) is 12.3 Å². The minimum absolute atomic E-state index is 0.352. The van der Waals surface area contributed by atoms with Gasteiger partial charge in [0.15, 0.2) is 0 Å². The number of nitrogens with one attached hydrogen (secondary N) is 1. The maximum Gasteiger partial charge on any atom is 0.433 e. The Morgan fingerprint density at radius 3 is 2.35 bits per heavy atom. The van der Waals surface area contributed by atoms with Gasteiger partial charge in [-0.15, -0.1) is 0 Å². The van der Waals surface area contributed by atoms with E-state index in [1.165, 1.54) is 0 Å². The van der Waals surface area contributed by atoms with Crippen LogP contribution in [0.25, 0.3) is 11.0 Å². The average molecular weight is 242 g/mol. The molecule has 0 unspecified atom stereocenters. The number of rotatable bonds is 0. The molecule has 0 saturated carbocycles. The van der Waals surface area contributed by atoms with Crippen molar-refractivity contribution in [3.05, 3.63) is 29.6 Å². The molecule has 0 aliphatic heterocycles. The standard InChI is InChI=1S/C12H13F3N2/c1-11(2,3)7-6-9(12(13,14)15)17-8-4-5-16-10(7)8/h4-6,16H,1-3H3. The monoisotopic (exact) mass is 242 g/mol. The van der Waals surface area contributed by atoms with Crippen LogP contribution in [0.5, 0.6) is 0 Å². The number of alkyl halides is 3. The molecule has 92 valence electrons. The Hall–Kier alpha value is -1.52. The lowest BCUT2D eigenvalue weighted by molar-refractivity contribution is -0.141. The molecule has 0 fully saturated rings. The van der Waals surface area contributed by atoms with Crippen molar-refractivity contribution >= 4 is 11.0 Å². The summed E-state index contributed by atoms with van der Waals surface area (Å²) in [6.07, 6.45) is -2.81. The molecule has 0 amide bonds. The first-order chi connectivity index (χ1) is 7.69. The molecule has 2 heterocycles. The van der Waals surface area contributed by atoms with E-state index in [2.05, 4.69) is 9.97 Å². The zero-order valence-electron chi connectivity index (χ0n) is 9.81. The third-order valence-corrected chi connectivity index (χ3v) is 2.61. The highest BCUT2D eigenvalue weighted by Gasteiger charge is 2.34. The normalized spacial score (nSPS) is 13.3. The van der Waals surface area contributed by atoms with Crippen LogP contribution in [0.15, 0.2) is 18.3 Å². The van der Waals surface area contributed by atoms with Gasteiger partial charge in [-0.2, -0.15) is 13.2 Å². The van der Waals surface area contributed by atoms with E-state index in [1.807, 2.05) is 20.8 Å². The predicted molar refractivity (Wildman–Crippen MR) is 59.8 cm³/mol. The second-order valence-corrected chi connectivity index (χ2v) is 5.04. The predicted octanol–water partition coefficient (Wildman–Crippen LogP) is 3.88. The number of aromatic nitrogens is 2. The highest BCUT2D eigenvalue weighted by molar-refractivity contribution is 5.80. The third kappa shape index (κ3) is 2.14. The van der Waals surface area contributed by atoms with Crippen LogP contribution in [0, 0.1) is 0 Å². The highest BCUT2D eigenvalue weighted by Crippen LogP contribution is 2.34. The van der Waals surface area contributed by atoms with E-state index in [0.717, 1.165) is 6.07 Å². The van der Waals surface area contributed by atoms with Gasteiger partial charge in [0, 0.05) is 6.20 Å². The quantitative estimate of drug-likeness (QED) is 0.746. The summed E-state index contributed by atoms with van der Waals surface area (Å²) in [4.78, 5) is 6.57. The van der Waals surface area contributed by atoms with E-state index in [0.29, 0.717) is 16.6 Å². The van der Waals surface area contributed by atoms with Gasteiger partial charge in [-0.05, 0) is 23.1 Å². The van der Waals surface area contributed by atoms with Crippen LogP contribution in [0.3, 0.4) is 0 Å². The largest absolute Gasteiger partial charge is 0.433 e. The zero-order valence-corrected chi connectivity index (χ0v) is 9.81. The summed E-state index contributed by atoms with van der Waals surface area (Å²) in [5.41, 5.74) is 0.441. The lowest BCUT2D eigenvalue weighted by Gasteiger charge is -2.21. The minimum atomic E-state index is -4.41. The Morgan fingerprint density at radius 1 is 1.18 bits per heavy atom. The molecule has 1 N–H and O–H groups in total. The molecule has 0 aliphatic carbocycles. The van der Waals surface area contributed by atoms with E-state index in [9.17, 15) is 13.2 Å². The van der Waals surface area contributed by atoms with Gasteiger partial charge < -0.3 is 4.98 Å². The second-order valence-electron chi connectivity index (χ2n) is 5.04. The number of H-pyrrole nitrogens is 1. The molecule has 2 aromatic heterocycles. The van der Waals surface area contributed by atoms with Crippen molar-refractivity contribution in [3.63, 3.8) is 0 Å². The van der Waals surface area contributed by atoms with Gasteiger partial charge in [0.2, 0.25) is 0 Å². The smallest absolute Gasteiger partial charge is 0.360 e. The van der Waals surface area contributed by atoms with E-state index < -0.39 is 11.9 Å². The van der Waals surface area contributed by atoms with Gasteiger partial charge in [0.05, 0.1) is 11.0 Å². The first kappa shape index (κ1) is 12.0. The number of pyridine rings is 1. The molecule has 0 atom stereocenters. The number of hydrogen-bond acceptors (Lipinski definition) is 1. The van der Waals surface area contributed by atoms with Gasteiger partial charge in [-0.25, -0.2) is 4.98 Å². The van der Waals surface area contributed by atoms with Crippen LogP contribution in [0.4, 0.5) is 13.2 Å². The van der Waals surface area contributed by atoms with Crippen LogP contribution in [-0.4, -0.2) is 9.97 Å². The summed E-state index contributed by atoms with van der Waals surface area (Å²) < 4.78 is 38.2. The van der Waals surface area contributed by atoms with Crippen molar-refractivity contribution in [2.75, 3.05) is 0 Å². The molecule has 0 spiro atoms. The van der Waals surface area contributed by atoms with Crippen molar-refractivity contribution in [2.45, 2.75) is 32.4 Å². The molecule has 0 bridgehead atoms. The molecular weight excluding hydrogens is 229 g/mol. The summed E-state index contributed by atoms with van der Waals surface area (Å²) >= 11 is 0. The Balaban J connectivity index is 2.76. The summed E-state index contributed by atoms with van der Waals surface area (Å²) in [7, 11) is 0. The Kier molecular flexibility index (Phi) is 2.45. The SMILES string of the molecule is CC(C)(C)c1cc(C(F)(F)F)nc2cc[nH]c12. The highest BCUT2D eigenvalue weighted by atomic mass is 19.4. The van der Waals surface area contributed by atoms with Crippen LogP contribution in [0.1, 0.15) is 32.0 Å². The molecule has 2 rings (SSSR count). The van der Waals surface area contributed by atoms with Gasteiger partial charge in [-0.3, -0.25) is 0 Å². The molecule has 2 nitrogen and oxygen atoms in total. The third-order valence-electron chi connectivity index (χ3n) is 2.61. The van der Waals surface area contributed by atoms with Crippen molar-refractivity contribution in [2.24, 2.45) is 0 Å². The molecular formula is C12H13F3N2. The van der Waals surface area contributed by atoms with Crippen molar-refractivity contribution in [3.8, 4) is 0 Å². The summed E-state index contributed by atoms with van der Waals surface area (Å²) in [5, 5.41) is 0. The zero-order chi connectivity index (χ0) is 12.8. The van der Waals surface area contributed by atoms with E-state index in [4.69, 9.17) is 0 Å². The van der Waals surface area contributed by atoms with Crippen molar-refractivity contribution < 1.29 is 13.2 Å². The van der Waals surface area contributed by atoms with Crippen molar-refractivity contribution in [1.29, 1.82) is 0 Å². The van der Waals surface area contributed by atoms with Gasteiger partial charge in [0.1, 0.15) is 5.69 Å². The fraction of sp³-hybridized carbons (Fsp3) is 0.417. The van der Waals surface area contributed by atoms with E-state index in [-0.39, 0.29) is 5.41 Å². The Labute approximate surface area is 96.9 Å². The van der Waals surface area contributed by atoms with E-state index >= 15 is 0 Å². The van der Waals surface area contributed by atoms with Gasteiger partial charge in [0.25, 0.3) is 0 Å². The topological polar surface area (TPSA) is 28.7 Å². The number of fused-ring (bicyclic) bond motifs is 1. The molecule has 17 heavy (non-hydrogen) atoms. The number of hydrogen-bond donors (Lipinski definition) is 1. The molecule has 5 heteroatoms. The van der Waals surface area contributed by atoms with Crippen molar-refractivity contribution in [1.82, 2.24) is 9.97 Å². The lowest BCUT2D eigenvalue weighted by atomic mass is 9.86. The van der Waals surface area contributed by atoms with Crippen LogP contribution in [0.2, 0.25) is 0 Å². The summed E-state index contributed by atoms with van der Waals surface area (Å²) in [6.45, 7) is 5.63. The fourth-order valence-corrected chi connectivity index (χ4v) is 1.78. The molecule has 0 aromatic carbocycles. The van der Waals surface area contributed by atoms with Gasteiger partial charge >= 0.3 is 6.18 Å². The number of halogens is 3. The molecule has 0 radical (unpaired) electrons. The lowest BCUT2D eigenvalue weighted by Crippen LogP contribution is -2.16. The number of nitrogens with zero attached hydrogens (tertiary/aromatic N) is 1. The summed E-state index contributed by atoms with van der Waals surface area (Å²) in [5.74, 6) is 0. The molecule has 0 saturated heterocycles. The van der Waals surface area contributed by atoms with Gasteiger partial charge in [-0.1, -0.05) is 20.8 Å².